The number of carbonyl (C=O) groups is 2. The maximum Gasteiger partial charge on any atom is 0.303 e. The third-order valence-electron chi connectivity index (χ3n) is 10.4. The number of benzene rings is 4. The number of amides is 1. The van der Waals surface area contributed by atoms with Crippen LogP contribution in [0.25, 0.3) is 11.1 Å². The molecule has 0 aromatic heterocycles. The van der Waals surface area contributed by atoms with Crippen molar-refractivity contribution in [3.8, 4) is 11.1 Å². The number of likely N-dealkylation sites (tertiary alicyclic amines) is 1. The Balaban J connectivity index is 1.16. The van der Waals surface area contributed by atoms with E-state index < -0.39 is 17.9 Å². The summed E-state index contributed by atoms with van der Waals surface area (Å²) in [5, 5.41) is 33.6. The normalized spacial score (nSPS) is 21.8. The molecule has 9 nitrogen and oxygen atoms in total. The van der Waals surface area contributed by atoms with Gasteiger partial charge in [0, 0.05) is 55.5 Å². The maximum absolute atomic E-state index is 12.3. The number of carboxylic acid groups (broad SMARTS) is 1. The zero-order valence-electron chi connectivity index (χ0n) is 29.4. The summed E-state index contributed by atoms with van der Waals surface area (Å²) in [5.74, 6) is -1.06. The molecule has 274 valence electrons. The van der Waals surface area contributed by atoms with Crippen LogP contribution in [0.2, 0.25) is 5.02 Å². The molecule has 52 heavy (non-hydrogen) atoms. The molecule has 4 atom stereocenters. The van der Waals surface area contributed by atoms with Crippen LogP contribution in [-0.2, 0) is 37.8 Å². The first-order chi connectivity index (χ1) is 25.1. The van der Waals surface area contributed by atoms with Gasteiger partial charge in [-0.15, -0.1) is 0 Å². The van der Waals surface area contributed by atoms with E-state index >= 15 is 0 Å². The number of aliphatic hydroxyl groups excluding tert-OH is 1. The Bertz CT molecular complexity index is 1790. The lowest BCUT2D eigenvalue weighted by atomic mass is 9.84. The van der Waals surface area contributed by atoms with Crippen molar-refractivity contribution in [2.45, 2.75) is 76.3 Å². The SMILES string of the molecule is CC1C(CN2CCC(O)(c3ccc(Cl)cc3)CC2)OC(c2ccc(-c3ccccc3CNC(=O)CCCC(=O)O)cc2)OC1c1ccc(CO)cc1. The second-order valence-corrected chi connectivity index (χ2v) is 14.4. The van der Waals surface area contributed by atoms with Crippen LogP contribution in [0.5, 0.6) is 0 Å². The lowest BCUT2D eigenvalue weighted by Crippen LogP contribution is -2.49. The van der Waals surface area contributed by atoms with E-state index in [0.717, 1.165) is 52.0 Å². The average Bonchev–Trinajstić information content (AvgIpc) is 3.16. The van der Waals surface area contributed by atoms with Crippen molar-refractivity contribution in [2.24, 2.45) is 5.92 Å². The second-order valence-electron chi connectivity index (χ2n) is 14.0. The predicted octanol–water partition coefficient (Wildman–Crippen LogP) is 7.15. The van der Waals surface area contributed by atoms with Crippen LogP contribution >= 0.6 is 11.6 Å². The number of hydrogen-bond acceptors (Lipinski definition) is 7. The highest BCUT2D eigenvalue weighted by molar-refractivity contribution is 6.30. The quantitative estimate of drug-likeness (QED) is 0.114. The van der Waals surface area contributed by atoms with E-state index in [4.69, 9.17) is 26.2 Å². The summed E-state index contributed by atoms with van der Waals surface area (Å²) in [6, 6.07) is 31.4. The van der Waals surface area contributed by atoms with Crippen molar-refractivity contribution in [3.63, 3.8) is 0 Å². The standard InChI is InChI=1S/C42H47ClN2O7/c1-28-37(26-45-23-21-42(50,22-24-45)34-17-19-35(43)20-18-34)51-41(52-40(28)31-11-9-29(27-46)10-12-31)32-15-13-30(14-16-32)36-6-3-2-5-33(36)25-44-38(47)7-4-8-39(48)49/h2-3,5-6,9-20,28,37,40-41,46,50H,4,7-8,21-27H2,1H3,(H,44,47)(H,48,49). The van der Waals surface area contributed by atoms with Gasteiger partial charge in [-0.3, -0.25) is 9.59 Å². The Morgan fingerprint density at radius 2 is 1.56 bits per heavy atom. The van der Waals surface area contributed by atoms with Crippen molar-refractivity contribution in [1.82, 2.24) is 10.2 Å². The number of carbonyl (C=O) groups excluding carboxylic acids is 1. The molecular weight excluding hydrogens is 680 g/mol. The van der Waals surface area contributed by atoms with Gasteiger partial charge in [-0.1, -0.05) is 103 Å². The Kier molecular flexibility index (Phi) is 12.4. The van der Waals surface area contributed by atoms with Crippen LogP contribution in [0.15, 0.2) is 97.1 Å². The number of hydrogen-bond donors (Lipinski definition) is 4. The van der Waals surface area contributed by atoms with Gasteiger partial charge in [-0.2, -0.15) is 0 Å². The van der Waals surface area contributed by atoms with Crippen LogP contribution in [0, 0.1) is 5.92 Å². The van der Waals surface area contributed by atoms with E-state index in [0.29, 0.717) is 37.4 Å². The lowest BCUT2D eigenvalue weighted by Gasteiger charge is -2.45. The maximum atomic E-state index is 12.3. The van der Waals surface area contributed by atoms with Gasteiger partial charge in [0.25, 0.3) is 0 Å². The molecule has 0 aliphatic carbocycles. The summed E-state index contributed by atoms with van der Waals surface area (Å²) in [6.07, 6.45) is 0.645. The summed E-state index contributed by atoms with van der Waals surface area (Å²) in [6.45, 7) is 4.61. The van der Waals surface area contributed by atoms with Crippen molar-refractivity contribution in [1.29, 1.82) is 0 Å². The number of ether oxygens (including phenoxy) is 2. The van der Waals surface area contributed by atoms with Gasteiger partial charge < -0.3 is 35.0 Å². The molecule has 1 amide bonds. The van der Waals surface area contributed by atoms with Crippen LogP contribution in [0.1, 0.15) is 79.2 Å². The third kappa shape index (κ3) is 9.28. The molecule has 0 bridgehead atoms. The molecule has 4 aromatic carbocycles. The van der Waals surface area contributed by atoms with Crippen molar-refractivity contribution in [2.75, 3.05) is 19.6 Å². The molecule has 2 heterocycles. The number of halogens is 1. The molecule has 2 saturated heterocycles. The van der Waals surface area contributed by atoms with Gasteiger partial charge in [0.05, 0.1) is 24.4 Å². The molecule has 0 spiro atoms. The molecule has 6 rings (SSSR count). The molecule has 0 radical (unpaired) electrons. The Hall–Kier alpha value is -4.09. The summed E-state index contributed by atoms with van der Waals surface area (Å²) in [5.41, 5.74) is 5.68. The van der Waals surface area contributed by atoms with Crippen molar-refractivity contribution in [3.05, 3.63) is 130 Å². The highest BCUT2D eigenvalue weighted by Crippen LogP contribution is 2.43. The van der Waals surface area contributed by atoms with Gasteiger partial charge in [-0.05, 0) is 64.8 Å². The van der Waals surface area contributed by atoms with Gasteiger partial charge in [0.15, 0.2) is 6.29 Å². The molecule has 2 fully saturated rings. The minimum absolute atomic E-state index is 0.0261. The summed E-state index contributed by atoms with van der Waals surface area (Å²) in [4.78, 5) is 25.5. The first-order valence-corrected chi connectivity index (χ1v) is 18.4. The first-order valence-electron chi connectivity index (χ1n) is 18.0. The van der Waals surface area contributed by atoms with E-state index in [9.17, 15) is 19.8 Å². The zero-order chi connectivity index (χ0) is 36.7. The predicted molar refractivity (Wildman–Crippen MR) is 199 cm³/mol. The number of carboxylic acids is 1. The van der Waals surface area contributed by atoms with E-state index in [2.05, 4.69) is 17.1 Å². The van der Waals surface area contributed by atoms with Crippen LogP contribution in [0.4, 0.5) is 0 Å². The number of nitrogens with one attached hydrogen (secondary N) is 1. The van der Waals surface area contributed by atoms with Crippen molar-refractivity contribution < 1.29 is 34.4 Å². The largest absolute Gasteiger partial charge is 0.481 e. The number of rotatable bonds is 13. The molecule has 10 heteroatoms. The molecule has 2 aliphatic rings. The fourth-order valence-electron chi connectivity index (χ4n) is 7.20. The van der Waals surface area contributed by atoms with Gasteiger partial charge >= 0.3 is 5.97 Å². The molecule has 2 aliphatic heterocycles. The Labute approximate surface area is 310 Å². The zero-order valence-corrected chi connectivity index (χ0v) is 30.2. The van der Waals surface area contributed by atoms with E-state index in [1.807, 2.05) is 97.1 Å². The fraction of sp³-hybridized carbons (Fsp3) is 0.381. The first kappa shape index (κ1) is 37.7. The average molecular weight is 727 g/mol. The minimum atomic E-state index is -0.908. The number of aliphatic carboxylic acids is 1. The van der Waals surface area contributed by atoms with Gasteiger partial charge in [-0.25, -0.2) is 0 Å². The van der Waals surface area contributed by atoms with E-state index in [1.165, 1.54) is 0 Å². The number of piperidine rings is 1. The topological polar surface area (TPSA) is 129 Å². The number of aliphatic hydroxyl groups is 2. The van der Waals surface area contributed by atoms with E-state index in [1.54, 1.807) is 0 Å². The highest BCUT2D eigenvalue weighted by atomic mass is 35.5. The molecule has 4 aromatic rings. The minimum Gasteiger partial charge on any atom is -0.481 e. The summed E-state index contributed by atoms with van der Waals surface area (Å²) in [7, 11) is 0. The Morgan fingerprint density at radius 3 is 2.23 bits per heavy atom. The molecule has 4 unspecified atom stereocenters. The number of nitrogens with zero attached hydrogens (tertiary/aromatic N) is 1. The fourth-order valence-corrected chi connectivity index (χ4v) is 7.32. The smallest absolute Gasteiger partial charge is 0.303 e. The van der Waals surface area contributed by atoms with Crippen LogP contribution in [0.3, 0.4) is 0 Å². The van der Waals surface area contributed by atoms with E-state index in [-0.39, 0.29) is 43.5 Å². The lowest BCUT2D eigenvalue weighted by molar-refractivity contribution is -0.277. The van der Waals surface area contributed by atoms with Crippen LogP contribution < -0.4 is 5.32 Å². The molecule has 4 N–H and O–H groups in total. The summed E-state index contributed by atoms with van der Waals surface area (Å²) < 4.78 is 13.5. The third-order valence-corrected chi connectivity index (χ3v) is 10.7. The molecular formula is C42H47ClN2O7. The Morgan fingerprint density at radius 1 is 0.885 bits per heavy atom. The summed E-state index contributed by atoms with van der Waals surface area (Å²) >= 11 is 6.10. The van der Waals surface area contributed by atoms with Crippen LogP contribution in [-0.4, -0.2) is 57.8 Å². The second kappa shape index (κ2) is 17.2. The monoisotopic (exact) mass is 726 g/mol. The van der Waals surface area contributed by atoms with Gasteiger partial charge in [0.1, 0.15) is 0 Å². The van der Waals surface area contributed by atoms with Crippen molar-refractivity contribution >= 4 is 23.5 Å². The molecule has 0 saturated carbocycles. The highest BCUT2D eigenvalue weighted by Gasteiger charge is 2.41. The van der Waals surface area contributed by atoms with Gasteiger partial charge in [0.2, 0.25) is 5.91 Å².